The maximum Gasteiger partial charge on any atom is 0.255 e. The van der Waals surface area contributed by atoms with Crippen molar-refractivity contribution >= 4 is 23.4 Å². The highest BCUT2D eigenvalue weighted by molar-refractivity contribution is 7.98. The Balaban J connectivity index is 1.78. The van der Waals surface area contributed by atoms with Crippen LogP contribution in [0.15, 0.2) is 47.4 Å². The van der Waals surface area contributed by atoms with E-state index in [1.165, 1.54) is 0 Å². The SMILES string of the molecule is COc1cc(SC)ccc1NC(=O)c1cccc(C2CCOC2)c1. The zero-order valence-electron chi connectivity index (χ0n) is 13.9. The number of benzene rings is 2. The van der Waals surface area contributed by atoms with Crippen LogP contribution in [0.4, 0.5) is 5.69 Å². The average Bonchev–Trinajstić information content (AvgIpc) is 3.17. The first-order valence-electron chi connectivity index (χ1n) is 7.92. The molecule has 126 valence electrons. The molecule has 1 aliphatic heterocycles. The van der Waals surface area contributed by atoms with E-state index in [4.69, 9.17) is 9.47 Å². The largest absolute Gasteiger partial charge is 0.495 e. The third-order valence-electron chi connectivity index (χ3n) is 4.21. The predicted molar refractivity (Wildman–Crippen MR) is 97.3 cm³/mol. The van der Waals surface area contributed by atoms with Crippen LogP contribution in [0.3, 0.4) is 0 Å². The van der Waals surface area contributed by atoms with E-state index in [1.807, 2.05) is 42.7 Å². The second kappa shape index (κ2) is 7.73. The molecular weight excluding hydrogens is 322 g/mol. The summed E-state index contributed by atoms with van der Waals surface area (Å²) in [6.07, 6.45) is 3.01. The van der Waals surface area contributed by atoms with E-state index in [0.717, 1.165) is 30.1 Å². The van der Waals surface area contributed by atoms with Crippen molar-refractivity contribution in [3.8, 4) is 5.75 Å². The number of ether oxygens (including phenoxy) is 2. The smallest absolute Gasteiger partial charge is 0.255 e. The van der Waals surface area contributed by atoms with Gasteiger partial charge in [-0.2, -0.15) is 0 Å². The van der Waals surface area contributed by atoms with Crippen LogP contribution in [0.2, 0.25) is 0 Å². The van der Waals surface area contributed by atoms with Crippen molar-refractivity contribution in [1.82, 2.24) is 0 Å². The summed E-state index contributed by atoms with van der Waals surface area (Å²) in [5.41, 5.74) is 2.48. The summed E-state index contributed by atoms with van der Waals surface area (Å²) in [6, 6.07) is 13.5. The molecule has 1 aliphatic rings. The Labute approximate surface area is 146 Å². The van der Waals surface area contributed by atoms with Crippen molar-refractivity contribution in [3.63, 3.8) is 0 Å². The molecular formula is C19H21NO3S. The molecule has 2 aromatic rings. The van der Waals surface area contributed by atoms with Crippen molar-refractivity contribution in [2.45, 2.75) is 17.2 Å². The molecule has 1 unspecified atom stereocenters. The minimum absolute atomic E-state index is 0.133. The van der Waals surface area contributed by atoms with E-state index in [1.54, 1.807) is 18.9 Å². The lowest BCUT2D eigenvalue weighted by atomic mass is 9.96. The number of thioether (sulfide) groups is 1. The molecule has 4 nitrogen and oxygen atoms in total. The second-order valence-corrected chi connectivity index (χ2v) is 6.59. The van der Waals surface area contributed by atoms with Gasteiger partial charge < -0.3 is 14.8 Å². The number of anilines is 1. The van der Waals surface area contributed by atoms with E-state index in [0.29, 0.717) is 22.9 Å². The zero-order valence-corrected chi connectivity index (χ0v) is 14.7. The van der Waals surface area contributed by atoms with Gasteiger partial charge in [-0.25, -0.2) is 0 Å². The number of hydrogen-bond acceptors (Lipinski definition) is 4. The lowest BCUT2D eigenvalue weighted by Gasteiger charge is -2.13. The maximum atomic E-state index is 12.6. The molecule has 2 aromatic carbocycles. The van der Waals surface area contributed by atoms with Crippen LogP contribution in [0.25, 0.3) is 0 Å². The highest BCUT2D eigenvalue weighted by Gasteiger charge is 2.19. The van der Waals surface area contributed by atoms with Crippen molar-refractivity contribution in [2.75, 3.05) is 31.9 Å². The Morgan fingerprint density at radius 1 is 1.29 bits per heavy atom. The van der Waals surface area contributed by atoms with E-state index >= 15 is 0 Å². The second-order valence-electron chi connectivity index (χ2n) is 5.71. The summed E-state index contributed by atoms with van der Waals surface area (Å²) in [6.45, 7) is 1.52. The number of rotatable bonds is 5. The molecule has 0 saturated carbocycles. The fourth-order valence-electron chi connectivity index (χ4n) is 2.83. The third kappa shape index (κ3) is 3.74. The molecule has 5 heteroatoms. The molecule has 1 N–H and O–H groups in total. The van der Waals surface area contributed by atoms with Crippen LogP contribution >= 0.6 is 11.8 Å². The van der Waals surface area contributed by atoms with E-state index in [9.17, 15) is 4.79 Å². The van der Waals surface area contributed by atoms with Gasteiger partial charge in [0.15, 0.2) is 0 Å². The van der Waals surface area contributed by atoms with Gasteiger partial charge in [-0.15, -0.1) is 11.8 Å². The monoisotopic (exact) mass is 343 g/mol. The normalized spacial score (nSPS) is 16.8. The highest BCUT2D eigenvalue weighted by Crippen LogP contribution is 2.30. The Morgan fingerprint density at radius 3 is 2.88 bits per heavy atom. The number of carbonyl (C=O) groups is 1. The predicted octanol–water partition coefficient (Wildman–Crippen LogP) is 4.17. The van der Waals surface area contributed by atoms with Crippen LogP contribution in [0.1, 0.15) is 28.3 Å². The van der Waals surface area contributed by atoms with Crippen LogP contribution in [0.5, 0.6) is 5.75 Å². The van der Waals surface area contributed by atoms with E-state index < -0.39 is 0 Å². The summed E-state index contributed by atoms with van der Waals surface area (Å²) < 4.78 is 10.8. The molecule has 1 saturated heterocycles. The van der Waals surface area contributed by atoms with Gasteiger partial charge in [-0.3, -0.25) is 4.79 Å². The summed E-state index contributed by atoms with van der Waals surface area (Å²) >= 11 is 1.63. The number of amides is 1. The minimum Gasteiger partial charge on any atom is -0.495 e. The molecule has 0 bridgehead atoms. The van der Waals surface area contributed by atoms with Crippen molar-refractivity contribution < 1.29 is 14.3 Å². The van der Waals surface area contributed by atoms with Crippen molar-refractivity contribution in [1.29, 1.82) is 0 Å². The quantitative estimate of drug-likeness (QED) is 0.828. The van der Waals surface area contributed by atoms with Gasteiger partial charge in [0.1, 0.15) is 5.75 Å². The molecule has 3 rings (SSSR count). The van der Waals surface area contributed by atoms with Crippen LogP contribution in [-0.2, 0) is 4.74 Å². The van der Waals surface area contributed by atoms with Crippen LogP contribution in [-0.4, -0.2) is 32.5 Å². The summed E-state index contributed by atoms with van der Waals surface area (Å²) in [7, 11) is 1.61. The first-order valence-corrected chi connectivity index (χ1v) is 9.15. The Bertz CT molecular complexity index is 726. The van der Waals surface area contributed by atoms with E-state index in [-0.39, 0.29) is 5.91 Å². The molecule has 1 atom stereocenters. The van der Waals surface area contributed by atoms with Gasteiger partial charge in [-0.1, -0.05) is 12.1 Å². The Morgan fingerprint density at radius 2 is 2.17 bits per heavy atom. The van der Waals surface area contributed by atoms with Gasteiger partial charge >= 0.3 is 0 Å². The molecule has 0 radical (unpaired) electrons. The molecule has 0 spiro atoms. The molecule has 24 heavy (non-hydrogen) atoms. The first kappa shape index (κ1) is 16.9. The number of methoxy groups -OCH3 is 1. The fourth-order valence-corrected chi connectivity index (χ4v) is 3.26. The standard InChI is InChI=1S/C19H21NO3S/c1-22-18-11-16(24-2)6-7-17(18)20-19(21)14-5-3-4-13(10-14)15-8-9-23-12-15/h3-7,10-11,15H,8-9,12H2,1-2H3,(H,20,21). The average molecular weight is 343 g/mol. The lowest BCUT2D eigenvalue weighted by Crippen LogP contribution is -2.13. The molecule has 0 aliphatic carbocycles. The minimum atomic E-state index is -0.133. The third-order valence-corrected chi connectivity index (χ3v) is 4.93. The lowest BCUT2D eigenvalue weighted by molar-refractivity contribution is 0.102. The van der Waals surface area contributed by atoms with E-state index in [2.05, 4.69) is 11.4 Å². The van der Waals surface area contributed by atoms with Crippen LogP contribution < -0.4 is 10.1 Å². The zero-order chi connectivity index (χ0) is 16.9. The summed E-state index contributed by atoms with van der Waals surface area (Å²) in [4.78, 5) is 13.7. The molecule has 0 aromatic heterocycles. The Hall–Kier alpha value is -1.98. The van der Waals surface area contributed by atoms with Gasteiger partial charge in [0, 0.05) is 23.0 Å². The van der Waals surface area contributed by atoms with Crippen molar-refractivity contribution in [3.05, 3.63) is 53.6 Å². The van der Waals surface area contributed by atoms with Crippen LogP contribution in [0, 0.1) is 0 Å². The van der Waals surface area contributed by atoms with Gasteiger partial charge in [0.2, 0.25) is 0 Å². The maximum absolute atomic E-state index is 12.6. The molecule has 1 heterocycles. The van der Waals surface area contributed by atoms with Crippen molar-refractivity contribution in [2.24, 2.45) is 0 Å². The number of nitrogens with one attached hydrogen (secondary N) is 1. The first-order chi connectivity index (χ1) is 11.7. The fraction of sp³-hybridized carbons (Fsp3) is 0.316. The topological polar surface area (TPSA) is 47.6 Å². The molecule has 1 amide bonds. The van der Waals surface area contributed by atoms with Gasteiger partial charge in [0.25, 0.3) is 5.91 Å². The van der Waals surface area contributed by atoms with Gasteiger partial charge in [-0.05, 0) is 48.6 Å². The highest BCUT2D eigenvalue weighted by atomic mass is 32.2. The number of hydrogen-bond donors (Lipinski definition) is 1. The Kier molecular flexibility index (Phi) is 5.43. The number of carbonyl (C=O) groups excluding carboxylic acids is 1. The molecule has 1 fully saturated rings. The summed E-state index contributed by atoms with van der Waals surface area (Å²) in [5, 5.41) is 2.94. The summed E-state index contributed by atoms with van der Waals surface area (Å²) in [5.74, 6) is 0.912. The van der Waals surface area contributed by atoms with Gasteiger partial charge in [0.05, 0.1) is 19.4 Å².